The van der Waals surface area contributed by atoms with Crippen LogP contribution in [0, 0.1) is 0 Å². The van der Waals surface area contributed by atoms with Crippen LogP contribution in [-0.2, 0) is 19.6 Å². The van der Waals surface area contributed by atoms with Crippen molar-refractivity contribution >= 4 is 30.7 Å². The topological polar surface area (TPSA) is 71.5 Å². The Morgan fingerprint density at radius 1 is 1.12 bits per heavy atom. The van der Waals surface area contributed by atoms with Crippen LogP contribution in [0.25, 0.3) is 0 Å². The predicted octanol–water partition coefficient (Wildman–Crippen LogP) is 3.35. The summed E-state index contributed by atoms with van der Waals surface area (Å²) in [5.41, 5.74) is 8.33. The molecule has 0 spiro atoms. The molecule has 0 saturated carbocycles. The van der Waals surface area contributed by atoms with Gasteiger partial charge in [-0.3, -0.25) is 9.69 Å². The van der Waals surface area contributed by atoms with Gasteiger partial charge in [-0.05, 0) is 30.3 Å². The SMILES string of the molecule is CCN(CC)Cc1ccc(CNC(=O)c2coc(CN)c2)cc1.Cl.Cl. The Kier molecular flexibility index (Phi) is 11.2. The number of hydrogen-bond donors (Lipinski definition) is 2. The average molecular weight is 388 g/mol. The maximum atomic E-state index is 12.0. The molecule has 0 fully saturated rings. The number of rotatable bonds is 8. The van der Waals surface area contributed by atoms with Crippen molar-refractivity contribution in [1.29, 1.82) is 0 Å². The normalized spacial score (nSPS) is 10.1. The van der Waals surface area contributed by atoms with Gasteiger partial charge in [0.15, 0.2) is 0 Å². The molecule has 1 amide bonds. The fourth-order valence-electron chi connectivity index (χ4n) is 2.36. The molecule has 140 valence electrons. The lowest BCUT2D eigenvalue weighted by molar-refractivity contribution is 0.0950. The van der Waals surface area contributed by atoms with Crippen LogP contribution in [-0.4, -0.2) is 23.9 Å². The molecule has 25 heavy (non-hydrogen) atoms. The first-order chi connectivity index (χ1) is 11.2. The van der Waals surface area contributed by atoms with Crippen LogP contribution in [0.1, 0.15) is 41.1 Å². The van der Waals surface area contributed by atoms with E-state index in [-0.39, 0.29) is 30.7 Å². The van der Waals surface area contributed by atoms with Crippen molar-refractivity contribution in [2.75, 3.05) is 13.1 Å². The maximum absolute atomic E-state index is 12.0. The van der Waals surface area contributed by atoms with E-state index in [9.17, 15) is 4.79 Å². The fraction of sp³-hybridized carbons (Fsp3) is 0.389. The highest BCUT2D eigenvalue weighted by Crippen LogP contribution is 2.09. The molecule has 2 rings (SSSR count). The first kappa shape index (κ1) is 23.5. The Bertz CT molecular complexity index is 626. The lowest BCUT2D eigenvalue weighted by atomic mass is 10.1. The minimum Gasteiger partial charge on any atom is -0.467 e. The lowest BCUT2D eigenvalue weighted by Crippen LogP contribution is -2.23. The van der Waals surface area contributed by atoms with E-state index in [1.54, 1.807) is 6.07 Å². The van der Waals surface area contributed by atoms with Crippen LogP contribution in [0.4, 0.5) is 0 Å². The van der Waals surface area contributed by atoms with Crippen LogP contribution in [0.5, 0.6) is 0 Å². The number of nitrogens with zero attached hydrogens (tertiary/aromatic N) is 1. The molecule has 0 saturated heterocycles. The van der Waals surface area contributed by atoms with E-state index < -0.39 is 0 Å². The Morgan fingerprint density at radius 3 is 2.24 bits per heavy atom. The standard InChI is InChI=1S/C18H25N3O2.2ClH/c1-3-21(4-2)12-15-7-5-14(6-8-15)11-20-18(22)16-9-17(10-19)23-13-16;;/h5-9,13H,3-4,10-12,19H2,1-2H3,(H,20,22);2*1H. The number of hydrogen-bond acceptors (Lipinski definition) is 4. The molecule has 0 aliphatic heterocycles. The smallest absolute Gasteiger partial charge is 0.254 e. The number of benzene rings is 1. The lowest BCUT2D eigenvalue weighted by Gasteiger charge is -2.18. The van der Waals surface area contributed by atoms with Crippen molar-refractivity contribution in [2.24, 2.45) is 5.73 Å². The summed E-state index contributed by atoms with van der Waals surface area (Å²) in [6.07, 6.45) is 1.44. The molecule has 1 heterocycles. The largest absolute Gasteiger partial charge is 0.467 e. The summed E-state index contributed by atoms with van der Waals surface area (Å²) in [4.78, 5) is 14.4. The molecule has 0 aliphatic rings. The summed E-state index contributed by atoms with van der Waals surface area (Å²) in [5, 5.41) is 2.89. The molecule has 5 nitrogen and oxygen atoms in total. The third-order valence-electron chi connectivity index (χ3n) is 3.89. The summed E-state index contributed by atoms with van der Waals surface area (Å²) >= 11 is 0. The van der Waals surface area contributed by atoms with Crippen molar-refractivity contribution < 1.29 is 9.21 Å². The average Bonchev–Trinajstić information content (AvgIpc) is 3.08. The molecule has 0 aliphatic carbocycles. The van der Waals surface area contributed by atoms with Gasteiger partial charge in [0, 0.05) is 13.1 Å². The van der Waals surface area contributed by atoms with E-state index >= 15 is 0 Å². The quantitative estimate of drug-likeness (QED) is 0.728. The number of carbonyl (C=O) groups excluding carboxylic acids is 1. The summed E-state index contributed by atoms with van der Waals surface area (Å²) in [7, 11) is 0. The Morgan fingerprint density at radius 2 is 1.72 bits per heavy atom. The van der Waals surface area contributed by atoms with Crippen molar-refractivity contribution in [1.82, 2.24) is 10.2 Å². The molecule has 1 aromatic carbocycles. The molecule has 7 heteroatoms. The first-order valence-electron chi connectivity index (χ1n) is 8.02. The highest BCUT2D eigenvalue weighted by molar-refractivity contribution is 5.93. The molecule has 0 bridgehead atoms. The van der Waals surface area contributed by atoms with Gasteiger partial charge in [0.1, 0.15) is 12.0 Å². The van der Waals surface area contributed by atoms with Crippen molar-refractivity contribution in [3.63, 3.8) is 0 Å². The number of nitrogens with two attached hydrogens (primary N) is 1. The van der Waals surface area contributed by atoms with E-state index in [0.29, 0.717) is 24.4 Å². The van der Waals surface area contributed by atoms with Gasteiger partial charge in [0.25, 0.3) is 5.91 Å². The molecular formula is C18H27Cl2N3O2. The van der Waals surface area contributed by atoms with E-state index in [0.717, 1.165) is 25.2 Å². The third-order valence-corrected chi connectivity index (χ3v) is 3.89. The number of carbonyl (C=O) groups is 1. The Labute approximate surface area is 161 Å². The van der Waals surface area contributed by atoms with Gasteiger partial charge in [-0.2, -0.15) is 0 Å². The summed E-state index contributed by atoms with van der Waals surface area (Å²) in [6, 6.07) is 10.0. The molecule has 0 radical (unpaired) electrons. The fourth-order valence-corrected chi connectivity index (χ4v) is 2.36. The van der Waals surface area contributed by atoms with Crippen LogP contribution in [0.3, 0.4) is 0 Å². The second-order valence-corrected chi connectivity index (χ2v) is 5.47. The summed E-state index contributed by atoms with van der Waals surface area (Å²) < 4.78 is 5.17. The van der Waals surface area contributed by atoms with Gasteiger partial charge < -0.3 is 15.5 Å². The third kappa shape index (κ3) is 7.08. The van der Waals surface area contributed by atoms with Gasteiger partial charge in [-0.15, -0.1) is 24.8 Å². The van der Waals surface area contributed by atoms with E-state index in [2.05, 4.69) is 48.3 Å². The Balaban J connectivity index is 0.00000288. The van der Waals surface area contributed by atoms with Crippen LogP contribution >= 0.6 is 24.8 Å². The highest BCUT2D eigenvalue weighted by Gasteiger charge is 2.09. The zero-order chi connectivity index (χ0) is 16.7. The maximum Gasteiger partial charge on any atom is 0.254 e. The van der Waals surface area contributed by atoms with Gasteiger partial charge >= 0.3 is 0 Å². The van der Waals surface area contributed by atoms with E-state index in [1.165, 1.54) is 11.8 Å². The van der Waals surface area contributed by atoms with Crippen LogP contribution < -0.4 is 11.1 Å². The van der Waals surface area contributed by atoms with Gasteiger partial charge in [-0.25, -0.2) is 0 Å². The minimum absolute atomic E-state index is 0. The first-order valence-corrected chi connectivity index (χ1v) is 8.02. The number of furan rings is 1. The van der Waals surface area contributed by atoms with E-state index in [4.69, 9.17) is 10.2 Å². The summed E-state index contributed by atoms with van der Waals surface area (Å²) in [6.45, 7) is 8.16. The molecule has 2 aromatic rings. The molecule has 3 N–H and O–H groups in total. The van der Waals surface area contributed by atoms with Gasteiger partial charge in [0.2, 0.25) is 0 Å². The van der Waals surface area contributed by atoms with Gasteiger partial charge in [0.05, 0.1) is 12.1 Å². The second kappa shape index (κ2) is 11.9. The minimum atomic E-state index is -0.152. The zero-order valence-corrected chi connectivity index (χ0v) is 16.3. The molecule has 0 atom stereocenters. The number of amides is 1. The molecule has 0 unspecified atom stereocenters. The molecular weight excluding hydrogens is 361 g/mol. The second-order valence-electron chi connectivity index (χ2n) is 5.47. The monoisotopic (exact) mass is 387 g/mol. The zero-order valence-electron chi connectivity index (χ0n) is 14.7. The van der Waals surface area contributed by atoms with Crippen molar-refractivity contribution in [2.45, 2.75) is 33.5 Å². The van der Waals surface area contributed by atoms with Gasteiger partial charge in [-0.1, -0.05) is 38.1 Å². The van der Waals surface area contributed by atoms with Crippen molar-refractivity contribution in [3.8, 4) is 0 Å². The number of halogens is 2. The predicted molar refractivity (Wildman–Crippen MR) is 105 cm³/mol. The van der Waals surface area contributed by atoms with E-state index in [1.807, 2.05) is 0 Å². The summed E-state index contributed by atoms with van der Waals surface area (Å²) in [5.74, 6) is 0.455. The molecule has 1 aromatic heterocycles. The highest BCUT2D eigenvalue weighted by atomic mass is 35.5. The van der Waals surface area contributed by atoms with Crippen molar-refractivity contribution in [3.05, 3.63) is 59.0 Å². The number of nitrogens with one attached hydrogen (secondary N) is 1. The Hall–Kier alpha value is -1.53. The van der Waals surface area contributed by atoms with Crippen LogP contribution in [0.2, 0.25) is 0 Å². The van der Waals surface area contributed by atoms with Crippen LogP contribution in [0.15, 0.2) is 41.0 Å².